The van der Waals surface area contributed by atoms with E-state index in [0.29, 0.717) is 0 Å². The smallest absolute Gasteiger partial charge is 0.0549 e. The first-order valence-electron chi connectivity index (χ1n) is 16.5. The van der Waals surface area contributed by atoms with Crippen LogP contribution in [0.2, 0.25) is 0 Å². The summed E-state index contributed by atoms with van der Waals surface area (Å²) in [6, 6.07) is 57.9. The molecule has 0 amide bonds. The van der Waals surface area contributed by atoms with Gasteiger partial charge in [-0.1, -0.05) is 129 Å². The molecule has 7 aromatic carbocycles. The van der Waals surface area contributed by atoms with Gasteiger partial charge in [0.15, 0.2) is 0 Å². The highest BCUT2D eigenvalue weighted by molar-refractivity contribution is 6.29. The molecule has 1 aliphatic carbocycles. The number of aromatic nitrogens is 2. The summed E-state index contributed by atoms with van der Waals surface area (Å²) in [7, 11) is 0. The number of para-hydroxylation sites is 2. The Morgan fingerprint density at radius 3 is 1.68 bits per heavy atom. The van der Waals surface area contributed by atoms with Gasteiger partial charge in [0.25, 0.3) is 0 Å². The number of rotatable bonds is 3. The average molecular weight is 601 g/mol. The van der Waals surface area contributed by atoms with Crippen molar-refractivity contribution in [3.8, 4) is 33.6 Å². The molecule has 2 nitrogen and oxygen atoms in total. The average Bonchev–Trinajstić information content (AvgIpc) is 3.72. The molecule has 10 rings (SSSR count). The predicted molar refractivity (Wildman–Crippen MR) is 198 cm³/mol. The van der Waals surface area contributed by atoms with Gasteiger partial charge in [-0.2, -0.15) is 0 Å². The van der Waals surface area contributed by atoms with E-state index < -0.39 is 0 Å². The second-order valence-electron chi connectivity index (χ2n) is 13.3. The van der Waals surface area contributed by atoms with Crippen LogP contribution in [0.5, 0.6) is 0 Å². The van der Waals surface area contributed by atoms with Crippen LogP contribution >= 0.6 is 0 Å². The molecule has 0 saturated carbocycles. The fraction of sp³-hybridized carbons (Fsp3) is 0.0667. The maximum Gasteiger partial charge on any atom is 0.0549 e. The van der Waals surface area contributed by atoms with Crippen molar-refractivity contribution in [2.75, 3.05) is 0 Å². The predicted octanol–water partition coefficient (Wildman–Crippen LogP) is 11.9. The van der Waals surface area contributed by atoms with E-state index in [4.69, 9.17) is 0 Å². The van der Waals surface area contributed by atoms with Gasteiger partial charge in [0, 0.05) is 38.2 Å². The Bertz CT molecular complexity index is 2680. The van der Waals surface area contributed by atoms with Crippen LogP contribution in [0.3, 0.4) is 0 Å². The third-order valence-corrected chi connectivity index (χ3v) is 10.5. The zero-order chi connectivity index (χ0) is 31.3. The number of hydrogen-bond donors (Lipinski definition) is 0. The molecule has 0 radical (unpaired) electrons. The van der Waals surface area contributed by atoms with Crippen molar-refractivity contribution >= 4 is 43.6 Å². The molecule has 0 unspecified atom stereocenters. The third-order valence-electron chi connectivity index (χ3n) is 10.5. The summed E-state index contributed by atoms with van der Waals surface area (Å²) in [6.07, 6.45) is 0. The monoisotopic (exact) mass is 600 g/mol. The van der Waals surface area contributed by atoms with Crippen molar-refractivity contribution in [3.05, 3.63) is 169 Å². The highest BCUT2D eigenvalue weighted by Crippen LogP contribution is 2.52. The summed E-state index contributed by atoms with van der Waals surface area (Å²) in [6.45, 7) is 4.72. The number of nitrogens with zero attached hydrogens (tertiary/aromatic N) is 2. The van der Waals surface area contributed by atoms with Gasteiger partial charge in [-0.15, -0.1) is 0 Å². The topological polar surface area (TPSA) is 9.86 Å². The Hall–Kier alpha value is -5.86. The minimum atomic E-state index is -0.0581. The quantitative estimate of drug-likeness (QED) is 0.191. The van der Waals surface area contributed by atoms with Gasteiger partial charge in [0.2, 0.25) is 0 Å². The highest BCUT2D eigenvalue weighted by atomic mass is 15.0. The number of fused-ring (bicyclic) bond motifs is 10. The number of hydrogen-bond acceptors (Lipinski definition) is 0. The van der Waals surface area contributed by atoms with Crippen LogP contribution in [0, 0.1) is 0 Å². The van der Waals surface area contributed by atoms with Crippen LogP contribution in [0.15, 0.2) is 158 Å². The van der Waals surface area contributed by atoms with Gasteiger partial charge in [0.1, 0.15) is 0 Å². The van der Waals surface area contributed by atoms with Gasteiger partial charge in [0.05, 0.1) is 27.8 Å². The van der Waals surface area contributed by atoms with Crippen LogP contribution in [0.1, 0.15) is 25.0 Å². The molecular formula is C45H32N2. The molecule has 0 bridgehead atoms. The van der Waals surface area contributed by atoms with E-state index in [1.54, 1.807) is 0 Å². The van der Waals surface area contributed by atoms with Gasteiger partial charge in [-0.25, -0.2) is 0 Å². The first-order valence-corrected chi connectivity index (χ1v) is 16.5. The fourth-order valence-corrected chi connectivity index (χ4v) is 8.41. The molecular weight excluding hydrogens is 569 g/mol. The Morgan fingerprint density at radius 1 is 0.404 bits per heavy atom. The summed E-state index contributed by atoms with van der Waals surface area (Å²) in [5, 5.41) is 5.15. The van der Waals surface area contributed by atoms with Crippen LogP contribution in [-0.4, -0.2) is 9.13 Å². The largest absolute Gasteiger partial charge is 0.309 e. The van der Waals surface area contributed by atoms with Crippen molar-refractivity contribution in [1.29, 1.82) is 0 Å². The molecule has 0 N–H and O–H groups in total. The lowest BCUT2D eigenvalue weighted by atomic mass is 9.82. The van der Waals surface area contributed by atoms with E-state index in [-0.39, 0.29) is 5.41 Å². The minimum Gasteiger partial charge on any atom is -0.309 e. The summed E-state index contributed by atoms with van der Waals surface area (Å²) < 4.78 is 4.95. The molecule has 0 atom stereocenters. The summed E-state index contributed by atoms with van der Waals surface area (Å²) in [4.78, 5) is 0. The Morgan fingerprint density at radius 2 is 0.957 bits per heavy atom. The Balaban J connectivity index is 1.29. The van der Waals surface area contributed by atoms with Gasteiger partial charge in [-0.05, 0) is 70.3 Å². The van der Waals surface area contributed by atoms with E-state index in [9.17, 15) is 0 Å². The first kappa shape index (κ1) is 26.4. The fourth-order valence-electron chi connectivity index (χ4n) is 8.41. The van der Waals surface area contributed by atoms with Gasteiger partial charge in [-0.3, -0.25) is 0 Å². The standard InChI is InChI=1S/C45H32N2/c1-45(2)35-18-9-6-15-32(35)42-36(45)19-12-22-39(42)47-38-21-11-8-17-34(38)44-41(47)28-27-40-43(44)33-16-7-10-20-37(33)46(40)31-25-23-30(24-26-31)29-13-4-3-5-14-29/h3-28H,1-2H3. The zero-order valence-electron chi connectivity index (χ0n) is 26.4. The van der Waals surface area contributed by atoms with Crippen LogP contribution in [-0.2, 0) is 5.41 Å². The lowest BCUT2D eigenvalue weighted by Gasteiger charge is -2.21. The summed E-state index contributed by atoms with van der Waals surface area (Å²) in [5.41, 5.74) is 15.2. The molecule has 0 aliphatic heterocycles. The molecule has 9 aromatic rings. The molecule has 222 valence electrons. The first-order chi connectivity index (χ1) is 23.1. The van der Waals surface area contributed by atoms with E-state index in [2.05, 4.69) is 181 Å². The van der Waals surface area contributed by atoms with Crippen LogP contribution in [0.25, 0.3) is 77.2 Å². The number of benzene rings is 7. The van der Waals surface area contributed by atoms with Crippen molar-refractivity contribution in [3.63, 3.8) is 0 Å². The minimum absolute atomic E-state index is 0.0581. The molecule has 47 heavy (non-hydrogen) atoms. The van der Waals surface area contributed by atoms with E-state index in [1.807, 2.05) is 0 Å². The lowest BCUT2D eigenvalue weighted by Crippen LogP contribution is -2.14. The molecule has 2 aromatic heterocycles. The van der Waals surface area contributed by atoms with Crippen molar-refractivity contribution < 1.29 is 0 Å². The molecule has 0 saturated heterocycles. The molecule has 0 fully saturated rings. The van der Waals surface area contributed by atoms with E-state index in [0.717, 1.165) is 0 Å². The van der Waals surface area contributed by atoms with Gasteiger partial charge >= 0.3 is 0 Å². The molecule has 1 aliphatic rings. The zero-order valence-corrected chi connectivity index (χ0v) is 26.4. The van der Waals surface area contributed by atoms with Crippen LogP contribution in [0.4, 0.5) is 0 Å². The third kappa shape index (κ3) is 3.56. The molecule has 2 heterocycles. The van der Waals surface area contributed by atoms with Crippen molar-refractivity contribution in [2.45, 2.75) is 19.3 Å². The maximum atomic E-state index is 2.52. The maximum absolute atomic E-state index is 2.52. The molecule has 0 spiro atoms. The normalized spacial score (nSPS) is 13.5. The second kappa shape index (κ2) is 9.57. The second-order valence-corrected chi connectivity index (χ2v) is 13.3. The SMILES string of the molecule is CC1(C)c2ccccc2-c2c(-n3c4ccccc4c4c5c6ccccc6n(-c6ccc(-c7ccccc7)cc6)c5ccc43)cccc21. The lowest BCUT2D eigenvalue weighted by molar-refractivity contribution is 0.660. The Kier molecular flexibility index (Phi) is 5.37. The van der Waals surface area contributed by atoms with Crippen molar-refractivity contribution in [2.24, 2.45) is 0 Å². The van der Waals surface area contributed by atoms with E-state index >= 15 is 0 Å². The highest BCUT2D eigenvalue weighted by Gasteiger charge is 2.37. The van der Waals surface area contributed by atoms with Gasteiger partial charge < -0.3 is 9.13 Å². The summed E-state index contributed by atoms with van der Waals surface area (Å²) >= 11 is 0. The Labute approximate surface area is 273 Å². The van der Waals surface area contributed by atoms with Crippen molar-refractivity contribution in [1.82, 2.24) is 9.13 Å². The van der Waals surface area contributed by atoms with Crippen LogP contribution < -0.4 is 0 Å². The van der Waals surface area contributed by atoms with E-state index in [1.165, 1.54) is 88.4 Å². The summed E-state index contributed by atoms with van der Waals surface area (Å²) in [5.74, 6) is 0. The molecule has 2 heteroatoms.